The van der Waals surface area contributed by atoms with Crippen LogP contribution in [0.3, 0.4) is 0 Å². The van der Waals surface area contributed by atoms with Crippen molar-refractivity contribution in [1.82, 2.24) is 20.2 Å². The first-order chi connectivity index (χ1) is 9.65. The quantitative estimate of drug-likeness (QED) is 0.846. The van der Waals surface area contributed by atoms with E-state index in [9.17, 15) is 0 Å². The zero-order chi connectivity index (χ0) is 14.5. The first-order valence-corrected chi connectivity index (χ1v) is 6.38. The van der Waals surface area contributed by atoms with E-state index >= 15 is 0 Å². The molecule has 1 heterocycles. The summed E-state index contributed by atoms with van der Waals surface area (Å²) in [4.78, 5) is 0. The molecule has 108 valence electrons. The molecule has 2 aromatic rings. The normalized spacial score (nSPS) is 12.2. The Morgan fingerprint density at radius 3 is 2.65 bits per heavy atom. The maximum atomic E-state index is 5.81. The van der Waals surface area contributed by atoms with E-state index in [4.69, 9.17) is 15.2 Å². The molecule has 2 rings (SSSR count). The Kier molecular flexibility index (Phi) is 4.52. The largest absolute Gasteiger partial charge is 0.493 e. The highest BCUT2D eigenvalue weighted by Gasteiger charge is 2.11. The van der Waals surface area contributed by atoms with Gasteiger partial charge < -0.3 is 15.2 Å². The molecule has 0 radical (unpaired) electrons. The van der Waals surface area contributed by atoms with Crippen molar-refractivity contribution in [2.24, 2.45) is 5.73 Å². The standard InChI is InChI=1S/C13H19N5O2/c1-9(14)13-15-16-17-18(13)7-6-10-4-5-11(19-2)12(8-10)20-3/h4-5,8-9H,6-7,14H2,1-3H3. The second-order valence-corrected chi connectivity index (χ2v) is 4.49. The molecule has 0 spiro atoms. The van der Waals surface area contributed by atoms with Crippen molar-refractivity contribution in [1.29, 1.82) is 0 Å². The Morgan fingerprint density at radius 2 is 2.00 bits per heavy atom. The molecule has 1 atom stereocenters. The van der Waals surface area contributed by atoms with Crippen LogP contribution in [-0.2, 0) is 13.0 Å². The fourth-order valence-electron chi connectivity index (χ4n) is 1.97. The van der Waals surface area contributed by atoms with E-state index in [1.54, 1.807) is 18.9 Å². The van der Waals surface area contributed by atoms with Gasteiger partial charge in [0.15, 0.2) is 17.3 Å². The fraction of sp³-hybridized carbons (Fsp3) is 0.462. The predicted octanol–water partition coefficient (Wildman–Crippen LogP) is 0.953. The molecule has 2 N–H and O–H groups in total. The molecule has 20 heavy (non-hydrogen) atoms. The van der Waals surface area contributed by atoms with Crippen LogP contribution >= 0.6 is 0 Å². The lowest BCUT2D eigenvalue weighted by molar-refractivity contribution is 0.354. The second-order valence-electron chi connectivity index (χ2n) is 4.49. The number of ether oxygens (including phenoxy) is 2. The summed E-state index contributed by atoms with van der Waals surface area (Å²) < 4.78 is 12.2. The third-order valence-corrected chi connectivity index (χ3v) is 3.03. The molecule has 0 aliphatic heterocycles. The minimum absolute atomic E-state index is 0.185. The number of hydrogen-bond acceptors (Lipinski definition) is 6. The van der Waals surface area contributed by atoms with Gasteiger partial charge in [0.1, 0.15) is 0 Å². The van der Waals surface area contributed by atoms with Gasteiger partial charge >= 0.3 is 0 Å². The molecule has 0 amide bonds. The molecular formula is C13H19N5O2. The van der Waals surface area contributed by atoms with Crippen LogP contribution in [0.5, 0.6) is 11.5 Å². The molecule has 0 bridgehead atoms. The Bertz CT molecular complexity index is 568. The Hall–Kier alpha value is -2.15. The summed E-state index contributed by atoms with van der Waals surface area (Å²) in [6.07, 6.45) is 0.783. The lowest BCUT2D eigenvalue weighted by Gasteiger charge is -2.10. The molecule has 0 saturated carbocycles. The molecule has 0 saturated heterocycles. The number of benzene rings is 1. The van der Waals surface area contributed by atoms with Gasteiger partial charge in [0.2, 0.25) is 0 Å². The third kappa shape index (κ3) is 3.05. The van der Waals surface area contributed by atoms with Crippen LogP contribution in [0.1, 0.15) is 24.4 Å². The summed E-state index contributed by atoms with van der Waals surface area (Å²) in [5.74, 6) is 2.12. The highest BCUT2D eigenvalue weighted by molar-refractivity contribution is 5.42. The smallest absolute Gasteiger partial charge is 0.167 e. The molecular weight excluding hydrogens is 258 g/mol. The van der Waals surface area contributed by atoms with E-state index in [-0.39, 0.29) is 6.04 Å². The van der Waals surface area contributed by atoms with Crippen LogP contribution in [0.25, 0.3) is 0 Å². The van der Waals surface area contributed by atoms with Crippen LogP contribution in [0, 0.1) is 0 Å². The molecule has 0 aliphatic carbocycles. The van der Waals surface area contributed by atoms with Gasteiger partial charge in [-0.25, -0.2) is 4.68 Å². The highest BCUT2D eigenvalue weighted by Crippen LogP contribution is 2.27. The molecule has 0 fully saturated rings. The van der Waals surface area contributed by atoms with E-state index in [2.05, 4.69) is 15.5 Å². The first-order valence-electron chi connectivity index (χ1n) is 6.38. The van der Waals surface area contributed by atoms with Crippen molar-refractivity contribution in [3.05, 3.63) is 29.6 Å². The minimum atomic E-state index is -0.185. The van der Waals surface area contributed by atoms with E-state index in [0.717, 1.165) is 17.7 Å². The highest BCUT2D eigenvalue weighted by atomic mass is 16.5. The number of nitrogens with zero attached hydrogens (tertiary/aromatic N) is 4. The molecule has 1 unspecified atom stereocenters. The van der Waals surface area contributed by atoms with Gasteiger partial charge in [-0.2, -0.15) is 0 Å². The van der Waals surface area contributed by atoms with Crippen molar-refractivity contribution in [2.45, 2.75) is 25.9 Å². The maximum Gasteiger partial charge on any atom is 0.167 e. The summed E-state index contributed by atoms with van der Waals surface area (Å²) in [7, 11) is 3.24. The first kappa shape index (κ1) is 14.3. The SMILES string of the molecule is COc1ccc(CCn2nnnc2C(C)N)cc1OC. The fourth-order valence-corrected chi connectivity index (χ4v) is 1.97. The van der Waals surface area contributed by atoms with Gasteiger partial charge in [0.25, 0.3) is 0 Å². The number of methoxy groups -OCH3 is 2. The zero-order valence-corrected chi connectivity index (χ0v) is 11.9. The van der Waals surface area contributed by atoms with Gasteiger partial charge in [-0.1, -0.05) is 6.07 Å². The maximum absolute atomic E-state index is 5.81. The summed E-state index contributed by atoms with van der Waals surface area (Å²) in [6, 6.07) is 5.65. The summed E-state index contributed by atoms with van der Waals surface area (Å²) in [5.41, 5.74) is 6.93. The van der Waals surface area contributed by atoms with E-state index in [1.165, 1.54) is 0 Å². The van der Waals surface area contributed by atoms with Gasteiger partial charge in [-0.15, -0.1) is 5.10 Å². The van der Waals surface area contributed by atoms with Gasteiger partial charge in [0.05, 0.1) is 20.3 Å². The number of hydrogen-bond donors (Lipinski definition) is 1. The predicted molar refractivity (Wildman–Crippen MR) is 73.7 cm³/mol. The van der Waals surface area contributed by atoms with E-state index in [0.29, 0.717) is 18.1 Å². The van der Waals surface area contributed by atoms with Gasteiger partial charge in [-0.05, 0) is 41.5 Å². The van der Waals surface area contributed by atoms with Crippen LogP contribution in [0.2, 0.25) is 0 Å². The topological polar surface area (TPSA) is 88.1 Å². The number of aromatic nitrogens is 4. The lowest BCUT2D eigenvalue weighted by atomic mass is 10.1. The number of tetrazole rings is 1. The van der Waals surface area contributed by atoms with Crippen LogP contribution in [0.15, 0.2) is 18.2 Å². The number of aryl methyl sites for hydroxylation is 2. The van der Waals surface area contributed by atoms with Crippen molar-refractivity contribution in [3.8, 4) is 11.5 Å². The molecule has 1 aromatic carbocycles. The van der Waals surface area contributed by atoms with Crippen molar-refractivity contribution >= 4 is 0 Å². The molecule has 0 aliphatic rings. The average molecular weight is 277 g/mol. The summed E-state index contributed by atoms with van der Waals surface area (Å²) in [5, 5.41) is 11.5. The molecule has 1 aromatic heterocycles. The Labute approximate surface area is 117 Å². The number of nitrogens with two attached hydrogens (primary N) is 1. The van der Waals surface area contributed by atoms with Crippen molar-refractivity contribution in [3.63, 3.8) is 0 Å². The minimum Gasteiger partial charge on any atom is -0.493 e. The Balaban J connectivity index is 2.09. The molecule has 7 nitrogen and oxygen atoms in total. The van der Waals surface area contributed by atoms with E-state index < -0.39 is 0 Å². The van der Waals surface area contributed by atoms with E-state index in [1.807, 2.05) is 25.1 Å². The Morgan fingerprint density at radius 1 is 1.25 bits per heavy atom. The average Bonchev–Trinajstić information content (AvgIpc) is 2.93. The summed E-state index contributed by atoms with van der Waals surface area (Å²) >= 11 is 0. The van der Waals surface area contributed by atoms with Gasteiger partial charge in [-0.3, -0.25) is 0 Å². The zero-order valence-electron chi connectivity index (χ0n) is 11.9. The lowest BCUT2D eigenvalue weighted by Crippen LogP contribution is -2.15. The number of rotatable bonds is 6. The third-order valence-electron chi connectivity index (χ3n) is 3.03. The molecule has 7 heteroatoms. The monoisotopic (exact) mass is 277 g/mol. The van der Waals surface area contributed by atoms with Crippen LogP contribution in [0.4, 0.5) is 0 Å². The summed E-state index contributed by atoms with van der Waals surface area (Å²) in [6.45, 7) is 2.53. The van der Waals surface area contributed by atoms with Crippen molar-refractivity contribution < 1.29 is 9.47 Å². The van der Waals surface area contributed by atoms with Crippen LogP contribution in [-0.4, -0.2) is 34.4 Å². The van der Waals surface area contributed by atoms with Gasteiger partial charge in [0, 0.05) is 6.54 Å². The van der Waals surface area contributed by atoms with Crippen LogP contribution < -0.4 is 15.2 Å². The van der Waals surface area contributed by atoms with Crippen molar-refractivity contribution in [2.75, 3.05) is 14.2 Å². The second kappa shape index (κ2) is 6.33.